The summed E-state index contributed by atoms with van der Waals surface area (Å²) in [6.07, 6.45) is 5.71. The van der Waals surface area contributed by atoms with Crippen LogP contribution in [-0.4, -0.2) is 21.2 Å². The Morgan fingerprint density at radius 1 is 1.12 bits per heavy atom. The highest BCUT2D eigenvalue weighted by molar-refractivity contribution is 5.38. The van der Waals surface area contributed by atoms with Crippen LogP contribution >= 0.6 is 0 Å². The Bertz CT molecular complexity index is 676. The van der Waals surface area contributed by atoms with Crippen LogP contribution in [0.3, 0.4) is 0 Å². The molecule has 0 atom stereocenters. The molecule has 0 unspecified atom stereocenters. The Kier molecular flexibility index (Phi) is 5.20. The van der Waals surface area contributed by atoms with Gasteiger partial charge in [-0.2, -0.15) is 4.98 Å². The summed E-state index contributed by atoms with van der Waals surface area (Å²) in [6, 6.07) is 5.64. The lowest BCUT2D eigenvalue weighted by molar-refractivity contribution is 0.182. The quantitative estimate of drug-likeness (QED) is 0.841. The van der Waals surface area contributed by atoms with Crippen molar-refractivity contribution < 1.29 is 18.7 Å². The lowest BCUT2D eigenvalue weighted by Crippen LogP contribution is -2.35. The molecule has 0 bridgehead atoms. The van der Waals surface area contributed by atoms with Crippen molar-refractivity contribution in [3.63, 3.8) is 0 Å². The van der Waals surface area contributed by atoms with Gasteiger partial charge >= 0.3 is 6.01 Å². The van der Waals surface area contributed by atoms with Crippen molar-refractivity contribution in [3.05, 3.63) is 47.7 Å². The molecule has 2 aromatic rings. The molecule has 128 valence electrons. The Balaban J connectivity index is 1.69. The summed E-state index contributed by atoms with van der Waals surface area (Å²) in [5.74, 6) is -1.20. The third kappa shape index (κ3) is 3.97. The normalized spacial score (nSPS) is 15.3. The van der Waals surface area contributed by atoms with E-state index in [0.29, 0.717) is 0 Å². The van der Waals surface area contributed by atoms with Gasteiger partial charge in [-0.1, -0.05) is 31.4 Å². The third-order valence-electron chi connectivity index (χ3n) is 4.12. The van der Waals surface area contributed by atoms with Gasteiger partial charge in [-0.3, -0.25) is 5.21 Å². The Labute approximate surface area is 138 Å². The lowest BCUT2D eigenvalue weighted by Gasteiger charge is -2.29. The van der Waals surface area contributed by atoms with Crippen LogP contribution in [-0.2, 0) is 6.61 Å². The molecule has 24 heavy (non-hydrogen) atoms. The van der Waals surface area contributed by atoms with E-state index in [1.54, 1.807) is 12.1 Å². The minimum absolute atomic E-state index is 0.0365. The van der Waals surface area contributed by atoms with Gasteiger partial charge in [-0.05, 0) is 30.5 Å². The molecule has 0 spiro atoms. The number of halogens is 2. The van der Waals surface area contributed by atoms with E-state index in [-0.39, 0.29) is 30.3 Å². The summed E-state index contributed by atoms with van der Waals surface area (Å²) >= 11 is 0. The second kappa shape index (κ2) is 7.53. The molecule has 1 fully saturated rings. The molecule has 3 rings (SSSR count). The smallest absolute Gasteiger partial charge is 0.318 e. The highest BCUT2D eigenvalue weighted by Crippen LogP contribution is 2.27. The highest BCUT2D eigenvalue weighted by Gasteiger charge is 2.24. The Morgan fingerprint density at radius 2 is 1.83 bits per heavy atom. The van der Waals surface area contributed by atoms with Gasteiger partial charge in [0.2, 0.25) is 0 Å². The second-order valence-corrected chi connectivity index (χ2v) is 5.88. The molecule has 0 saturated heterocycles. The van der Waals surface area contributed by atoms with Crippen LogP contribution in [0.25, 0.3) is 0 Å². The maximum atomic E-state index is 14.0. The molecule has 1 saturated carbocycles. The number of benzene rings is 1. The summed E-state index contributed by atoms with van der Waals surface area (Å²) in [6.45, 7) is 0.125. The van der Waals surface area contributed by atoms with Crippen molar-refractivity contribution in [2.75, 3.05) is 5.06 Å². The summed E-state index contributed by atoms with van der Waals surface area (Å²) in [4.78, 5) is 7.75. The predicted octanol–water partition coefficient (Wildman–Crippen LogP) is 3.86. The van der Waals surface area contributed by atoms with Crippen LogP contribution in [0.4, 0.5) is 14.6 Å². The van der Waals surface area contributed by atoms with E-state index in [4.69, 9.17) is 4.74 Å². The fourth-order valence-electron chi connectivity index (χ4n) is 2.80. The number of hydrogen-bond donors (Lipinski definition) is 1. The van der Waals surface area contributed by atoms with Crippen LogP contribution < -0.4 is 9.80 Å². The molecule has 7 heteroatoms. The fraction of sp³-hybridized carbons (Fsp3) is 0.412. The van der Waals surface area contributed by atoms with Crippen molar-refractivity contribution in [2.24, 2.45) is 0 Å². The number of ether oxygens (including phenoxy) is 1. The lowest BCUT2D eigenvalue weighted by atomic mass is 9.95. The summed E-state index contributed by atoms with van der Waals surface area (Å²) in [5, 5.41) is 11.2. The van der Waals surface area contributed by atoms with Crippen molar-refractivity contribution in [1.29, 1.82) is 0 Å². The van der Waals surface area contributed by atoms with E-state index < -0.39 is 5.82 Å². The van der Waals surface area contributed by atoms with Gasteiger partial charge < -0.3 is 4.74 Å². The highest BCUT2D eigenvalue weighted by atomic mass is 19.1. The van der Waals surface area contributed by atoms with Gasteiger partial charge in [0.1, 0.15) is 12.4 Å². The van der Waals surface area contributed by atoms with E-state index in [1.165, 1.54) is 12.1 Å². The Hall–Kier alpha value is -2.28. The molecule has 1 aromatic heterocycles. The summed E-state index contributed by atoms with van der Waals surface area (Å²) in [7, 11) is 0. The standard InChI is InChI=1S/C17H19F2N3O2/c18-13-8-6-12(7-9-13)11-24-17-20-10-15(19)16(21-17)22(23)14-4-2-1-3-5-14/h6-10,14,23H,1-5,11H2. The first-order chi connectivity index (χ1) is 11.6. The molecular weight excluding hydrogens is 316 g/mol. The summed E-state index contributed by atoms with van der Waals surface area (Å²) < 4.78 is 32.2. The van der Waals surface area contributed by atoms with E-state index in [9.17, 15) is 14.0 Å². The fourth-order valence-corrected chi connectivity index (χ4v) is 2.80. The van der Waals surface area contributed by atoms with Crippen LogP contribution in [0.15, 0.2) is 30.5 Å². The number of hydrogen-bond acceptors (Lipinski definition) is 5. The first-order valence-electron chi connectivity index (χ1n) is 8.01. The van der Waals surface area contributed by atoms with Gasteiger partial charge in [-0.25, -0.2) is 18.8 Å². The first-order valence-corrected chi connectivity index (χ1v) is 8.01. The molecule has 0 aliphatic heterocycles. The van der Waals surface area contributed by atoms with Gasteiger partial charge in [0, 0.05) is 0 Å². The van der Waals surface area contributed by atoms with Crippen LogP contribution in [0, 0.1) is 11.6 Å². The van der Waals surface area contributed by atoms with Gasteiger partial charge in [-0.15, -0.1) is 0 Å². The van der Waals surface area contributed by atoms with E-state index in [0.717, 1.165) is 48.9 Å². The van der Waals surface area contributed by atoms with Gasteiger partial charge in [0.15, 0.2) is 11.6 Å². The number of aromatic nitrogens is 2. The molecule has 5 nitrogen and oxygen atoms in total. The third-order valence-corrected chi connectivity index (χ3v) is 4.12. The molecule has 1 heterocycles. The summed E-state index contributed by atoms with van der Waals surface area (Å²) in [5.41, 5.74) is 0.735. The van der Waals surface area contributed by atoms with Crippen LogP contribution in [0.5, 0.6) is 6.01 Å². The SMILES string of the molecule is ON(c1nc(OCc2ccc(F)cc2)ncc1F)C1CCCCC1. The number of nitrogens with zero attached hydrogens (tertiary/aromatic N) is 3. The average molecular weight is 335 g/mol. The number of anilines is 1. The number of hydroxylamine groups is 1. The van der Waals surface area contributed by atoms with Crippen LogP contribution in [0.1, 0.15) is 37.7 Å². The first kappa shape index (κ1) is 16.6. The van der Waals surface area contributed by atoms with E-state index in [2.05, 4.69) is 9.97 Å². The van der Waals surface area contributed by atoms with Crippen LogP contribution in [0.2, 0.25) is 0 Å². The predicted molar refractivity (Wildman–Crippen MR) is 83.9 cm³/mol. The molecule has 1 aliphatic rings. The van der Waals surface area contributed by atoms with Crippen molar-refractivity contribution in [2.45, 2.75) is 44.8 Å². The average Bonchev–Trinajstić information content (AvgIpc) is 2.62. The van der Waals surface area contributed by atoms with E-state index in [1.807, 2.05) is 0 Å². The van der Waals surface area contributed by atoms with Gasteiger partial charge in [0.25, 0.3) is 0 Å². The minimum atomic E-state index is -0.697. The molecule has 1 aromatic carbocycles. The molecule has 1 N–H and O–H groups in total. The van der Waals surface area contributed by atoms with Crippen molar-refractivity contribution in [3.8, 4) is 6.01 Å². The zero-order valence-electron chi connectivity index (χ0n) is 13.2. The monoisotopic (exact) mass is 335 g/mol. The molecule has 0 radical (unpaired) electrons. The van der Waals surface area contributed by atoms with Crippen molar-refractivity contribution >= 4 is 5.82 Å². The zero-order chi connectivity index (χ0) is 16.9. The topological polar surface area (TPSA) is 58.5 Å². The number of rotatable bonds is 5. The zero-order valence-corrected chi connectivity index (χ0v) is 13.2. The molecule has 1 aliphatic carbocycles. The minimum Gasteiger partial charge on any atom is -0.459 e. The molecular formula is C17H19F2N3O2. The van der Waals surface area contributed by atoms with Crippen molar-refractivity contribution in [1.82, 2.24) is 9.97 Å². The van der Waals surface area contributed by atoms with E-state index >= 15 is 0 Å². The molecule has 0 amide bonds. The maximum Gasteiger partial charge on any atom is 0.318 e. The largest absolute Gasteiger partial charge is 0.459 e. The second-order valence-electron chi connectivity index (χ2n) is 5.88. The van der Waals surface area contributed by atoms with Gasteiger partial charge in [0.05, 0.1) is 12.2 Å². The maximum absolute atomic E-state index is 14.0. The Morgan fingerprint density at radius 3 is 2.54 bits per heavy atom.